The van der Waals surface area contributed by atoms with E-state index in [1.807, 2.05) is 13.0 Å². The molecule has 4 heteroatoms. The van der Waals surface area contributed by atoms with Gasteiger partial charge >= 0.3 is 5.97 Å². The first-order chi connectivity index (χ1) is 7.06. The van der Waals surface area contributed by atoms with Crippen molar-refractivity contribution in [1.29, 1.82) is 0 Å². The van der Waals surface area contributed by atoms with Crippen LogP contribution >= 0.6 is 15.9 Å². The third-order valence-corrected chi connectivity index (χ3v) is 2.82. The number of nitrogens with two attached hydrogens (primary N) is 1. The molecule has 1 aromatic carbocycles. The van der Waals surface area contributed by atoms with E-state index in [2.05, 4.69) is 15.9 Å². The van der Waals surface area contributed by atoms with Gasteiger partial charge in [0.2, 0.25) is 0 Å². The normalized spacial score (nSPS) is 12.2. The second kappa shape index (κ2) is 5.16. The molecule has 0 fully saturated rings. The molecule has 15 heavy (non-hydrogen) atoms. The Morgan fingerprint density at radius 2 is 2.27 bits per heavy atom. The molecule has 0 aromatic heterocycles. The van der Waals surface area contributed by atoms with Crippen LogP contribution in [0.1, 0.15) is 25.3 Å². The molecule has 1 aromatic rings. The summed E-state index contributed by atoms with van der Waals surface area (Å²) in [6.07, 6.45) is 0. The zero-order valence-electron chi connectivity index (χ0n) is 8.79. The second-order valence-corrected chi connectivity index (χ2v) is 4.11. The number of esters is 1. The van der Waals surface area contributed by atoms with Crippen molar-refractivity contribution in [2.75, 3.05) is 12.3 Å². The molecular weight excluding hydrogens is 258 g/mol. The fourth-order valence-corrected chi connectivity index (χ4v) is 2.03. The molecule has 0 spiro atoms. The number of hydrogen-bond donors (Lipinski definition) is 1. The zero-order chi connectivity index (χ0) is 11.4. The highest BCUT2D eigenvalue weighted by Crippen LogP contribution is 2.27. The summed E-state index contributed by atoms with van der Waals surface area (Å²) in [6, 6.07) is 5.39. The Hall–Kier alpha value is -1.03. The molecule has 1 unspecified atom stereocenters. The molecule has 1 atom stereocenters. The molecule has 0 radical (unpaired) electrons. The summed E-state index contributed by atoms with van der Waals surface area (Å²) in [5.74, 6) is -0.497. The zero-order valence-corrected chi connectivity index (χ0v) is 10.4. The number of nitrogen functional groups attached to an aromatic ring is 1. The van der Waals surface area contributed by atoms with E-state index >= 15 is 0 Å². The third kappa shape index (κ3) is 2.96. The van der Waals surface area contributed by atoms with Gasteiger partial charge in [-0.1, -0.05) is 22.0 Å². The maximum Gasteiger partial charge on any atom is 0.313 e. The Labute approximate surface area is 97.7 Å². The van der Waals surface area contributed by atoms with Gasteiger partial charge in [-0.2, -0.15) is 0 Å². The molecule has 0 saturated heterocycles. The maximum atomic E-state index is 11.5. The number of rotatable bonds is 3. The average Bonchev–Trinajstić information content (AvgIpc) is 2.17. The quantitative estimate of drug-likeness (QED) is 0.680. The highest BCUT2D eigenvalue weighted by atomic mass is 79.9. The smallest absolute Gasteiger partial charge is 0.313 e. The minimum Gasteiger partial charge on any atom is -0.466 e. The van der Waals surface area contributed by atoms with Gasteiger partial charge in [0.1, 0.15) is 0 Å². The van der Waals surface area contributed by atoms with Gasteiger partial charge in [0.05, 0.1) is 12.5 Å². The Bertz CT molecular complexity index is 366. The van der Waals surface area contributed by atoms with Gasteiger partial charge in [-0.3, -0.25) is 4.79 Å². The molecule has 2 N–H and O–H groups in total. The van der Waals surface area contributed by atoms with E-state index in [0.717, 1.165) is 10.0 Å². The lowest BCUT2D eigenvalue weighted by molar-refractivity contribution is -0.144. The van der Waals surface area contributed by atoms with E-state index in [9.17, 15) is 4.79 Å². The fourth-order valence-electron chi connectivity index (χ4n) is 1.29. The fraction of sp³-hybridized carbons (Fsp3) is 0.364. The topological polar surface area (TPSA) is 52.3 Å². The standard InChI is InChI=1S/C11H14BrNO2/c1-3-15-11(14)7(2)9-5-4-8(13)6-10(9)12/h4-7H,3,13H2,1-2H3. The van der Waals surface area contributed by atoms with Crippen LogP contribution in [0.2, 0.25) is 0 Å². The first-order valence-corrected chi connectivity index (χ1v) is 5.57. The van der Waals surface area contributed by atoms with E-state index < -0.39 is 0 Å². The highest BCUT2D eigenvalue weighted by Gasteiger charge is 2.18. The second-order valence-electron chi connectivity index (χ2n) is 3.25. The van der Waals surface area contributed by atoms with Gasteiger partial charge < -0.3 is 10.5 Å². The van der Waals surface area contributed by atoms with Crippen molar-refractivity contribution in [2.24, 2.45) is 0 Å². The summed E-state index contributed by atoms with van der Waals surface area (Å²) in [5, 5.41) is 0. The van der Waals surface area contributed by atoms with Gasteiger partial charge in [0, 0.05) is 10.2 Å². The monoisotopic (exact) mass is 271 g/mol. The van der Waals surface area contributed by atoms with Gasteiger partial charge in [-0.15, -0.1) is 0 Å². The van der Waals surface area contributed by atoms with E-state index in [4.69, 9.17) is 10.5 Å². The van der Waals surface area contributed by atoms with Crippen LogP contribution in [0.15, 0.2) is 22.7 Å². The summed E-state index contributed by atoms with van der Waals surface area (Å²) < 4.78 is 5.79. The van der Waals surface area contributed by atoms with Gasteiger partial charge in [-0.05, 0) is 31.5 Å². The van der Waals surface area contributed by atoms with Crippen molar-refractivity contribution < 1.29 is 9.53 Å². The highest BCUT2D eigenvalue weighted by molar-refractivity contribution is 9.10. The molecule has 0 saturated carbocycles. The molecule has 1 rings (SSSR count). The largest absolute Gasteiger partial charge is 0.466 e. The lowest BCUT2D eigenvalue weighted by Crippen LogP contribution is -2.13. The molecule has 0 aliphatic carbocycles. The van der Waals surface area contributed by atoms with Crippen LogP contribution in [0.5, 0.6) is 0 Å². The molecule has 0 aliphatic rings. The summed E-state index contributed by atoms with van der Waals surface area (Å²) in [4.78, 5) is 11.5. The van der Waals surface area contributed by atoms with Crippen LogP contribution in [0, 0.1) is 0 Å². The molecule has 82 valence electrons. The molecule has 0 heterocycles. The van der Waals surface area contributed by atoms with Gasteiger partial charge in [0.15, 0.2) is 0 Å². The van der Waals surface area contributed by atoms with E-state index in [1.54, 1.807) is 19.1 Å². The SMILES string of the molecule is CCOC(=O)C(C)c1ccc(N)cc1Br. The number of halogens is 1. The summed E-state index contributed by atoms with van der Waals surface area (Å²) in [7, 11) is 0. The molecule has 0 bridgehead atoms. The molecular formula is C11H14BrNO2. The lowest BCUT2D eigenvalue weighted by Gasteiger charge is -2.12. The van der Waals surface area contributed by atoms with E-state index in [-0.39, 0.29) is 11.9 Å². The van der Waals surface area contributed by atoms with Gasteiger partial charge in [-0.25, -0.2) is 0 Å². The number of carbonyl (C=O) groups is 1. The lowest BCUT2D eigenvalue weighted by atomic mass is 10.0. The number of carbonyl (C=O) groups excluding carboxylic acids is 1. The molecule has 0 amide bonds. The van der Waals surface area contributed by atoms with Crippen molar-refractivity contribution in [3.8, 4) is 0 Å². The average molecular weight is 272 g/mol. The first kappa shape index (κ1) is 12.0. The van der Waals surface area contributed by atoms with Crippen LogP contribution in [-0.4, -0.2) is 12.6 Å². The van der Waals surface area contributed by atoms with E-state index in [1.165, 1.54) is 0 Å². The van der Waals surface area contributed by atoms with Crippen LogP contribution < -0.4 is 5.73 Å². The Kier molecular flexibility index (Phi) is 4.15. The van der Waals surface area contributed by atoms with Crippen LogP contribution in [-0.2, 0) is 9.53 Å². The number of anilines is 1. The maximum absolute atomic E-state index is 11.5. The Balaban J connectivity index is 2.91. The predicted octanol–water partition coefficient (Wildman–Crippen LogP) is 2.70. The number of hydrogen-bond acceptors (Lipinski definition) is 3. The Morgan fingerprint density at radius 1 is 1.60 bits per heavy atom. The van der Waals surface area contributed by atoms with Crippen molar-refractivity contribution in [2.45, 2.75) is 19.8 Å². The molecule has 3 nitrogen and oxygen atoms in total. The third-order valence-electron chi connectivity index (χ3n) is 2.13. The summed E-state index contributed by atoms with van der Waals surface area (Å²) in [5.41, 5.74) is 7.18. The van der Waals surface area contributed by atoms with E-state index in [0.29, 0.717) is 12.3 Å². The van der Waals surface area contributed by atoms with Crippen molar-refractivity contribution in [3.05, 3.63) is 28.2 Å². The Morgan fingerprint density at radius 3 is 2.80 bits per heavy atom. The number of ether oxygens (including phenoxy) is 1. The first-order valence-electron chi connectivity index (χ1n) is 4.77. The molecule has 0 aliphatic heterocycles. The van der Waals surface area contributed by atoms with Crippen LogP contribution in [0.25, 0.3) is 0 Å². The van der Waals surface area contributed by atoms with Crippen LogP contribution in [0.4, 0.5) is 5.69 Å². The summed E-state index contributed by atoms with van der Waals surface area (Å²) >= 11 is 3.38. The predicted molar refractivity (Wildman–Crippen MR) is 63.6 cm³/mol. The number of benzene rings is 1. The minimum absolute atomic E-state index is 0.219. The van der Waals surface area contributed by atoms with Crippen molar-refractivity contribution in [3.63, 3.8) is 0 Å². The van der Waals surface area contributed by atoms with Gasteiger partial charge in [0.25, 0.3) is 0 Å². The van der Waals surface area contributed by atoms with Crippen LogP contribution in [0.3, 0.4) is 0 Å². The van der Waals surface area contributed by atoms with Crippen molar-refractivity contribution >= 4 is 27.6 Å². The van der Waals surface area contributed by atoms with Crippen molar-refractivity contribution in [1.82, 2.24) is 0 Å². The minimum atomic E-state index is -0.278. The summed E-state index contributed by atoms with van der Waals surface area (Å²) in [6.45, 7) is 4.01.